The molecule has 0 aliphatic rings. The lowest BCUT2D eigenvalue weighted by Gasteiger charge is -2.09. The summed E-state index contributed by atoms with van der Waals surface area (Å²) in [6, 6.07) is 0. The van der Waals surface area contributed by atoms with Crippen molar-refractivity contribution >= 4 is 17.7 Å². The zero-order valence-corrected chi connectivity index (χ0v) is 13.0. The zero-order valence-electron chi connectivity index (χ0n) is 12.2. The van der Waals surface area contributed by atoms with Crippen LogP contribution in [0.25, 0.3) is 0 Å². The molecule has 0 saturated heterocycles. The summed E-state index contributed by atoms with van der Waals surface area (Å²) in [5.74, 6) is 2.19. The van der Waals surface area contributed by atoms with Crippen molar-refractivity contribution in [1.82, 2.24) is 15.4 Å². The maximum absolute atomic E-state index is 11.6. The van der Waals surface area contributed by atoms with Crippen LogP contribution in [-0.2, 0) is 10.5 Å². The minimum atomic E-state index is 0.0931. The predicted octanol–water partition coefficient (Wildman–Crippen LogP) is 1.59. The van der Waals surface area contributed by atoms with Crippen molar-refractivity contribution in [1.29, 1.82) is 0 Å². The van der Waals surface area contributed by atoms with Gasteiger partial charge in [0.05, 0.1) is 11.4 Å². The molecule has 108 valence electrons. The van der Waals surface area contributed by atoms with E-state index in [0.29, 0.717) is 5.75 Å². The van der Waals surface area contributed by atoms with E-state index in [1.165, 1.54) is 0 Å². The van der Waals surface area contributed by atoms with Crippen LogP contribution in [0.2, 0.25) is 0 Å². The first-order valence-corrected chi connectivity index (χ1v) is 7.57. The van der Waals surface area contributed by atoms with Crippen molar-refractivity contribution in [3.05, 3.63) is 17.0 Å². The van der Waals surface area contributed by atoms with Crippen LogP contribution >= 0.6 is 11.8 Å². The van der Waals surface area contributed by atoms with Crippen LogP contribution in [0.15, 0.2) is 4.52 Å². The van der Waals surface area contributed by atoms with Gasteiger partial charge in [0, 0.05) is 17.9 Å². The van der Waals surface area contributed by atoms with Crippen LogP contribution in [0.1, 0.15) is 23.4 Å². The number of carbonyl (C=O) groups excluding carboxylic acids is 1. The molecular weight excluding hydrogens is 262 g/mol. The fourth-order valence-corrected chi connectivity index (χ4v) is 2.63. The van der Waals surface area contributed by atoms with E-state index < -0.39 is 0 Å². The monoisotopic (exact) mass is 285 g/mol. The SMILES string of the molecule is Cc1noc(C)c1CSCC(=O)NCCCN(C)C. The quantitative estimate of drug-likeness (QED) is 0.735. The number of hydrogen-bond donors (Lipinski definition) is 1. The molecule has 0 aromatic carbocycles. The third-order valence-electron chi connectivity index (χ3n) is 2.77. The highest BCUT2D eigenvalue weighted by atomic mass is 32.2. The fraction of sp³-hybridized carbons (Fsp3) is 0.692. The normalized spacial score (nSPS) is 11.0. The molecule has 0 fully saturated rings. The molecule has 1 rings (SSSR count). The number of hydrogen-bond acceptors (Lipinski definition) is 5. The predicted molar refractivity (Wildman–Crippen MR) is 78.3 cm³/mol. The fourth-order valence-electron chi connectivity index (χ4n) is 1.63. The molecule has 0 radical (unpaired) electrons. The van der Waals surface area contributed by atoms with E-state index >= 15 is 0 Å². The molecular formula is C13H23N3O2S. The molecule has 1 aromatic rings. The Labute approximate surface area is 119 Å². The topological polar surface area (TPSA) is 58.4 Å². The van der Waals surface area contributed by atoms with Crippen LogP contribution in [0.3, 0.4) is 0 Å². The van der Waals surface area contributed by atoms with E-state index in [1.807, 2.05) is 27.9 Å². The third-order valence-corrected chi connectivity index (χ3v) is 3.72. The van der Waals surface area contributed by atoms with E-state index in [2.05, 4.69) is 15.4 Å². The van der Waals surface area contributed by atoms with Crippen LogP contribution in [0, 0.1) is 13.8 Å². The zero-order chi connectivity index (χ0) is 14.3. The summed E-state index contributed by atoms with van der Waals surface area (Å²) >= 11 is 1.59. The minimum Gasteiger partial charge on any atom is -0.361 e. The first kappa shape index (κ1) is 16.0. The van der Waals surface area contributed by atoms with Gasteiger partial charge in [-0.25, -0.2) is 0 Å². The van der Waals surface area contributed by atoms with Crippen molar-refractivity contribution < 1.29 is 9.32 Å². The van der Waals surface area contributed by atoms with Gasteiger partial charge in [-0.15, -0.1) is 11.8 Å². The second-order valence-electron chi connectivity index (χ2n) is 4.80. The van der Waals surface area contributed by atoms with Gasteiger partial charge in [-0.2, -0.15) is 0 Å². The Morgan fingerprint density at radius 1 is 1.42 bits per heavy atom. The summed E-state index contributed by atoms with van der Waals surface area (Å²) in [7, 11) is 4.06. The lowest BCUT2D eigenvalue weighted by atomic mass is 10.2. The molecule has 0 aliphatic heterocycles. The standard InChI is InChI=1S/C13H23N3O2S/c1-10-12(11(2)18-15-10)8-19-9-13(17)14-6-5-7-16(3)4/h5-9H2,1-4H3,(H,14,17). The van der Waals surface area contributed by atoms with E-state index in [9.17, 15) is 4.79 Å². The molecule has 0 aliphatic carbocycles. The third kappa shape index (κ3) is 6.11. The van der Waals surface area contributed by atoms with Crippen molar-refractivity contribution in [2.75, 3.05) is 32.9 Å². The summed E-state index contributed by atoms with van der Waals surface area (Å²) in [4.78, 5) is 13.7. The van der Waals surface area contributed by atoms with Gasteiger partial charge in [-0.1, -0.05) is 5.16 Å². The minimum absolute atomic E-state index is 0.0931. The maximum Gasteiger partial charge on any atom is 0.230 e. The van der Waals surface area contributed by atoms with Crippen molar-refractivity contribution in [3.63, 3.8) is 0 Å². The van der Waals surface area contributed by atoms with E-state index in [-0.39, 0.29) is 5.91 Å². The molecule has 0 unspecified atom stereocenters. The highest BCUT2D eigenvalue weighted by Crippen LogP contribution is 2.19. The van der Waals surface area contributed by atoms with Crippen LogP contribution in [-0.4, -0.2) is 48.9 Å². The average molecular weight is 285 g/mol. The van der Waals surface area contributed by atoms with Crippen LogP contribution < -0.4 is 5.32 Å². The van der Waals surface area contributed by atoms with Gasteiger partial charge in [0.2, 0.25) is 5.91 Å². The summed E-state index contributed by atoms with van der Waals surface area (Å²) in [6.45, 7) is 5.56. The van der Waals surface area contributed by atoms with Crippen LogP contribution in [0.5, 0.6) is 0 Å². The Balaban J connectivity index is 2.14. The summed E-state index contributed by atoms with van der Waals surface area (Å²) in [6.07, 6.45) is 0.979. The molecule has 5 nitrogen and oxygen atoms in total. The van der Waals surface area contributed by atoms with Gasteiger partial charge in [0.25, 0.3) is 0 Å². The molecule has 1 aromatic heterocycles. The highest BCUT2D eigenvalue weighted by Gasteiger charge is 2.09. The van der Waals surface area contributed by atoms with Gasteiger partial charge in [0.15, 0.2) is 0 Å². The van der Waals surface area contributed by atoms with Crippen molar-refractivity contribution in [2.24, 2.45) is 0 Å². The van der Waals surface area contributed by atoms with Gasteiger partial charge in [0.1, 0.15) is 5.76 Å². The largest absolute Gasteiger partial charge is 0.361 e. The van der Waals surface area contributed by atoms with Gasteiger partial charge < -0.3 is 14.7 Å². The second-order valence-corrected chi connectivity index (χ2v) is 5.79. The van der Waals surface area contributed by atoms with Gasteiger partial charge in [-0.05, 0) is 40.9 Å². The molecule has 6 heteroatoms. The number of amides is 1. The summed E-state index contributed by atoms with van der Waals surface area (Å²) in [5.41, 5.74) is 2.02. The smallest absolute Gasteiger partial charge is 0.230 e. The highest BCUT2D eigenvalue weighted by molar-refractivity contribution is 7.99. The number of thioether (sulfide) groups is 1. The lowest BCUT2D eigenvalue weighted by Crippen LogP contribution is -2.28. The van der Waals surface area contributed by atoms with Gasteiger partial charge in [-0.3, -0.25) is 4.79 Å². The van der Waals surface area contributed by atoms with Crippen molar-refractivity contribution in [2.45, 2.75) is 26.0 Å². The number of aromatic nitrogens is 1. The molecule has 1 N–H and O–H groups in total. The summed E-state index contributed by atoms with van der Waals surface area (Å²) < 4.78 is 5.09. The molecule has 19 heavy (non-hydrogen) atoms. The Morgan fingerprint density at radius 2 is 2.16 bits per heavy atom. The lowest BCUT2D eigenvalue weighted by molar-refractivity contribution is -0.118. The number of nitrogens with one attached hydrogen (secondary N) is 1. The van der Waals surface area contributed by atoms with Crippen LogP contribution in [0.4, 0.5) is 0 Å². The number of carbonyl (C=O) groups is 1. The van der Waals surface area contributed by atoms with E-state index in [4.69, 9.17) is 4.52 Å². The van der Waals surface area contributed by atoms with E-state index in [1.54, 1.807) is 11.8 Å². The number of nitrogens with zero attached hydrogens (tertiary/aromatic N) is 2. The Kier molecular flexibility index (Phi) is 6.94. The second kappa shape index (κ2) is 8.22. The first-order chi connectivity index (χ1) is 9.00. The van der Waals surface area contributed by atoms with E-state index in [0.717, 1.165) is 42.3 Å². The Hall–Kier alpha value is -1.01. The molecule has 0 spiro atoms. The average Bonchev–Trinajstić information content (AvgIpc) is 2.66. The number of aryl methyl sites for hydroxylation is 2. The molecule has 0 saturated carbocycles. The van der Waals surface area contributed by atoms with Gasteiger partial charge >= 0.3 is 0 Å². The molecule has 0 bridgehead atoms. The number of rotatable bonds is 8. The Bertz CT molecular complexity index is 385. The molecule has 0 atom stereocenters. The Morgan fingerprint density at radius 3 is 2.74 bits per heavy atom. The molecule has 1 amide bonds. The molecule has 1 heterocycles. The summed E-state index contributed by atoms with van der Waals surface area (Å²) in [5, 5.41) is 6.82. The maximum atomic E-state index is 11.6. The van der Waals surface area contributed by atoms with Crippen molar-refractivity contribution in [3.8, 4) is 0 Å². The first-order valence-electron chi connectivity index (χ1n) is 6.41.